The van der Waals surface area contributed by atoms with Crippen molar-refractivity contribution < 1.29 is 17.9 Å². The Kier molecular flexibility index (Phi) is 5.18. The van der Waals surface area contributed by atoms with Gasteiger partial charge in [0.2, 0.25) is 0 Å². The number of methoxy groups -OCH3 is 1. The molecule has 120 valence electrons. The molecule has 0 saturated carbocycles. The summed E-state index contributed by atoms with van der Waals surface area (Å²) < 4.78 is 33.1. The number of esters is 1. The zero-order valence-electron chi connectivity index (χ0n) is 12.8. The number of likely N-dealkylation sites (tertiary alicyclic amines) is 1. The SMILES string of the molecule is COC(=O)c1ccc(S(=O)(=O)/N=C(/C)N2CCCCC2)cc1. The molecule has 1 aliphatic heterocycles. The maximum absolute atomic E-state index is 12.3. The van der Waals surface area contributed by atoms with Crippen molar-refractivity contribution in [1.82, 2.24) is 4.90 Å². The third-order valence-corrected chi connectivity index (χ3v) is 5.01. The largest absolute Gasteiger partial charge is 0.465 e. The van der Waals surface area contributed by atoms with Crippen LogP contribution in [0.5, 0.6) is 0 Å². The van der Waals surface area contributed by atoms with E-state index in [1.54, 1.807) is 6.92 Å². The van der Waals surface area contributed by atoms with Crippen molar-refractivity contribution in [2.24, 2.45) is 4.40 Å². The molecule has 0 spiro atoms. The summed E-state index contributed by atoms with van der Waals surface area (Å²) in [6.45, 7) is 3.39. The van der Waals surface area contributed by atoms with Crippen LogP contribution in [0.2, 0.25) is 0 Å². The van der Waals surface area contributed by atoms with Crippen LogP contribution in [-0.4, -0.2) is 45.3 Å². The van der Waals surface area contributed by atoms with Gasteiger partial charge in [0.15, 0.2) is 0 Å². The van der Waals surface area contributed by atoms with Crippen molar-refractivity contribution in [2.45, 2.75) is 31.1 Å². The molecule has 0 N–H and O–H groups in total. The molecular formula is C15H20N2O4S. The number of sulfonamides is 1. The quantitative estimate of drug-likeness (QED) is 0.483. The van der Waals surface area contributed by atoms with Gasteiger partial charge in [-0.25, -0.2) is 4.79 Å². The van der Waals surface area contributed by atoms with Gasteiger partial charge in [0, 0.05) is 13.1 Å². The number of hydrogen-bond acceptors (Lipinski definition) is 4. The number of ether oxygens (including phenoxy) is 1. The molecule has 0 bridgehead atoms. The number of rotatable bonds is 3. The first kappa shape index (κ1) is 16.5. The maximum Gasteiger partial charge on any atom is 0.337 e. The molecule has 6 nitrogen and oxygen atoms in total. The predicted molar refractivity (Wildman–Crippen MR) is 83.5 cm³/mol. The summed E-state index contributed by atoms with van der Waals surface area (Å²) in [6, 6.07) is 5.58. The number of nitrogens with zero attached hydrogens (tertiary/aromatic N) is 2. The van der Waals surface area contributed by atoms with Crippen molar-refractivity contribution in [3.05, 3.63) is 29.8 Å². The van der Waals surface area contributed by atoms with Gasteiger partial charge in [-0.2, -0.15) is 8.42 Å². The summed E-state index contributed by atoms with van der Waals surface area (Å²) in [6.07, 6.45) is 3.28. The van der Waals surface area contributed by atoms with Gasteiger partial charge in [0.05, 0.1) is 17.6 Å². The molecule has 1 saturated heterocycles. The smallest absolute Gasteiger partial charge is 0.337 e. The molecule has 7 heteroatoms. The standard InChI is InChI=1S/C15H20N2O4S/c1-12(17-10-4-3-5-11-17)16-22(19,20)14-8-6-13(7-9-14)15(18)21-2/h6-9H,3-5,10-11H2,1-2H3/b16-12-. The van der Waals surface area contributed by atoms with E-state index < -0.39 is 16.0 Å². The van der Waals surface area contributed by atoms with Gasteiger partial charge in [-0.05, 0) is 50.5 Å². The van der Waals surface area contributed by atoms with Crippen LogP contribution in [0.3, 0.4) is 0 Å². The molecule has 2 rings (SSSR count). The highest BCUT2D eigenvalue weighted by molar-refractivity contribution is 7.90. The summed E-state index contributed by atoms with van der Waals surface area (Å²) in [5.74, 6) is 0.00805. The van der Waals surface area contributed by atoms with Crippen LogP contribution >= 0.6 is 0 Å². The number of carbonyl (C=O) groups excluding carboxylic acids is 1. The number of amidine groups is 1. The lowest BCUT2D eigenvalue weighted by molar-refractivity contribution is 0.0600. The monoisotopic (exact) mass is 324 g/mol. The average molecular weight is 324 g/mol. The highest BCUT2D eigenvalue weighted by Crippen LogP contribution is 2.16. The molecule has 1 aliphatic rings. The van der Waals surface area contributed by atoms with Crippen LogP contribution in [-0.2, 0) is 14.8 Å². The van der Waals surface area contributed by atoms with Crippen molar-refractivity contribution in [1.29, 1.82) is 0 Å². The van der Waals surface area contributed by atoms with E-state index in [4.69, 9.17) is 0 Å². The van der Waals surface area contributed by atoms with E-state index in [1.807, 2.05) is 4.90 Å². The van der Waals surface area contributed by atoms with Gasteiger partial charge in [-0.1, -0.05) is 0 Å². The van der Waals surface area contributed by atoms with Crippen LogP contribution in [0, 0.1) is 0 Å². The number of hydrogen-bond donors (Lipinski definition) is 0. The first-order chi connectivity index (χ1) is 10.4. The number of benzene rings is 1. The van der Waals surface area contributed by atoms with Crippen LogP contribution in [0.1, 0.15) is 36.5 Å². The van der Waals surface area contributed by atoms with Gasteiger partial charge in [-0.3, -0.25) is 0 Å². The fourth-order valence-electron chi connectivity index (χ4n) is 2.38. The van der Waals surface area contributed by atoms with E-state index in [0.717, 1.165) is 25.9 Å². The maximum atomic E-state index is 12.3. The van der Waals surface area contributed by atoms with E-state index in [-0.39, 0.29) is 4.90 Å². The van der Waals surface area contributed by atoms with Crippen LogP contribution in [0.25, 0.3) is 0 Å². The Morgan fingerprint density at radius 2 is 1.73 bits per heavy atom. The van der Waals surface area contributed by atoms with Crippen LogP contribution < -0.4 is 0 Å². The van der Waals surface area contributed by atoms with Crippen LogP contribution in [0.15, 0.2) is 33.6 Å². The molecule has 1 fully saturated rings. The van der Waals surface area contributed by atoms with Crippen LogP contribution in [0.4, 0.5) is 0 Å². The van der Waals surface area contributed by atoms with E-state index in [2.05, 4.69) is 9.13 Å². The van der Waals surface area contributed by atoms with Crippen molar-refractivity contribution in [3.63, 3.8) is 0 Å². The second kappa shape index (κ2) is 6.91. The summed E-state index contributed by atoms with van der Waals surface area (Å²) in [5, 5.41) is 0. The van der Waals surface area contributed by atoms with Gasteiger partial charge in [0.25, 0.3) is 10.0 Å². The first-order valence-corrected chi connectivity index (χ1v) is 8.63. The average Bonchev–Trinajstić information content (AvgIpc) is 2.54. The lowest BCUT2D eigenvalue weighted by Crippen LogP contribution is -2.34. The fraction of sp³-hybridized carbons (Fsp3) is 0.467. The molecule has 1 heterocycles. The summed E-state index contributed by atoms with van der Waals surface area (Å²) in [7, 11) is -2.49. The molecular weight excluding hydrogens is 304 g/mol. The third kappa shape index (κ3) is 3.85. The Morgan fingerprint density at radius 3 is 2.27 bits per heavy atom. The Morgan fingerprint density at radius 1 is 1.14 bits per heavy atom. The molecule has 0 aromatic heterocycles. The van der Waals surface area contributed by atoms with E-state index >= 15 is 0 Å². The predicted octanol–water partition coefficient (Wildman–Crippen LogP) is 2.07. The zero-order valence-corrected chi connectivity index (χ0v) is 13.6. The summed E-state index contributed by atoms with van der Waals surface area (Å²) >= 11 is 0. The van der Waals surface area contributed by atoms with Gasteiger partial charge in [0.1, 0.15) is 5.84 Å². The van der Waals surface area contributed by atoms with Gasteiger partial charge < -0.3 is 9.64 Å². The highest BCUT2D eigenvalue weighted by atomic mass is 32.2. The second-order valence-electron chi connectivity index (χ2n) is 5.18. The first-order valence-electron chi connectivity index (χ1n) is 7.19. The van der Waals surface area contributed by atoms with Gasteiger partial charge >= 0.3 is 5.97 Å². The lowest BCUT2D eigenvalue weighted by Gasteiger charge is -2.27. The molecule has 0 unspecified atom stereocenters. The Bertz CT molecular complexity index is 659. The van der Waals surface area contributed by atoms with E-state index in [1.165, 1.54) is 37.8 Å². The molecule has 0 aliphatic carbocycles. The normalized spacial score (nSPS) is 16.5. The van der Waals surface area contributed by atoms with E-state index in [0.29, 0.717) is 11.4 Å². The molecule has 22 heavy (non-hydrogen) atoms. The fourth-order valence-corrected chi connectivity index (χ4v) is 3.43. The van der Waals surface area contributed by atoms with E-state index in [9.17, 15) is 13.2 Å². The second-order valence-corrected chi connectivity index (χ2v) is 6.78. The molecule has 0 atom stereocenters. The molecule has 1 aromatic rings. The summed E-state index contributed by atoms with van der Waals surface area (Å²) in [5.41, 5.74) is 0.304. The minimum atomic E-state index is -3.76. The zero-order chi connectivity index (χ0) is 16.2. The van der Waals surface area contributed by atoms with Crippen molar-refractivity contribution >= 4 is 21.8 Å². The third-order valence-electron chi connectivity index (χ3n) is 3.64. The van der Waals surface area contributed by atoms with Crippen molar-refractivity contribution in [3.8, 4) is 0 Å². The Balaban J connectivity index is 2.20. The minimum absolute atomic E-state index is 0.0662. The topological polar surface area (TPSA) is 76.0 Å². The number of carbonyl (C=O) groups is 1. The number of piperidine rings is 1. The lowest BCUT2D eigenvalue weighted by atomic mass is 10.1. The Labute approximate surface area is 130 Å². The molecule has 0 radical (unpaired) electrons. The minimum Gasteiger partial charge on any atom is -0.465 e. The highest BCUT2D eigenvalue weighted by Gasteiger charge is 2.18. The molecule has 0 amide bonds. The summed E-state index contributed by atoms with van der Waals surface area (Å²) in [4.78, 5) is 13.4. The van der Waals surface area contributed by atoms with Gasteiger partial charge in [-0.15, -0.1) is 4.40 Å². The Hall–Kier alpha value is -1.89. The van der Waals surface area contributed by atoms with Crippen molar-refractivity contribution in [2.75, 3.05) is 20.2 Å². The molecule has 1 aromatic carbocycles.